The van der Waals surface area contributed by atoms with Crippen LogP contribution in [-0.2, 0) is 19.0 Å². The van der Waals surface area contributed by atoms with Gasteiger partial charge in [-0.3, -0.25) is 0 Å². The van der Waals surface area contributed by atoms with Crippen LogP contribution in [0.5, 0.6) is 0 Å². The lowest BCUT2D eigenvalue weighted by atomic mass is 9.65. The van der Waals surface area contributed by atoms with E-state index in [0.717, 1.165) is 24.8 Å². The van der Waals surface area contributed by atoms with Crippen molar-refractivity contribution in [3.63, 3.8) is 0 Å². The molecule has 2 aliphatic carbocycles. The van der Waals surface area contributed by atoms with E-state index in [0.29, 0.717) is 11.8 Å². The predicted octanol–water partition coefficient (Wildman–Crippen LogP) is 1.73. The maximum Gasteiger partial charge on any atom is 0.511 e. The molecule has 112 valence electrons. The van der Waals surface area contributed by atoms with E-state index in [2.05, 4.69) is 4.74 Å². The van der Waals surface area contributed by atoms with Crippen molar-refractivity contribution in [2.24, 2.45) is 17.6 Å². The maximum atomic E-state index is 12.1. The molecule has 0 amide bonds. The van der Waals surface area contributed by atoms with Crippen LogP contribution in [0.25, 0.3) is 0 Å². The Kier molecular flexibility index (Phi) is 5.00. The van der Waals surface area contributed by atoms with E-state index in [-0.39, 0.29) is 13.2 Å². The van der Waals surface area contributed by atoms with Crippen molar-refractivity contribution in [3.05, 3.63) is 11.6 Å². The fraction of sp³-hybridized carbons (Fsp3) is 0.714. The summed E-state index contributed by atoms with van der Waals surface area (Å²) in [5.41, 5.74) is 5.93. The average molecular weight is 283 g/mol. The van der Waals surface area contributed by atoms with E-state index in [1.54, 1.807) is 0 Å². The highest BCUT2D eigenvalue weighted by Gasteiger charge is 2.39. The van der Waals surface area contributed by atoms with Gasteiger partial charge in [-0.05, 0) is 37.5 Å². The molecule has 20 heavy (non-hydrogen) atoms. The zero-order valence-electron chi connectivity index (χ0n) is 11.7. The summed E-state index contributed by atoms with van der Waals surface area (Å²) in [4.78, 5) is 23.2. The van der Waals surface area contributed by atoms with Gasteiger partial charge in [0.2, 0.25) is 6.29 Å². The molecular weight excluding hydrogens is 262 g/mol. The van der Waals surface area contributed by atoms with Gasteiger partial charge in [-0.25, -0.2) is 9.59 Å². The predicted molar refractivity (Wildman–Crippen MR) is 70.6 cm³/mol. The van der Waals surface area contributed by atoms with Gasteiger partial charge in [0.1, 0.15) is 6.61 Å². The highest BCUT2D eigenvalue weighted by atomic mass is 16.8. The lowest BCUT2D eigenvalue weighted by Crippen LogP contribution is -2.35. The van der Waals surface area contributed by atoms with Crippen LogP contribution < -0.4 is 5.73 Å². The summed E-state index contributed by atoms with van der Waals surface area (Å²) in [6.07, 6.45) is 4.40. The molecular formula is C14H21NO5. The first-order valence-electron chi connectivity index (χ1n) is 7.06. The number of hydrogen-bond acceptors (Lipinski definition) is 6. The second kappa shape index (κ2) is 6.74. The van der Waals surface area contributed by atoms with E-state index < -0.39 is 18.4 Å². The summed E-state index contributed by atoms with van der Waals surface area (Å²) in [5, 5.41) is 0. The Labute approximate surface area is 118 Å². The summed E-state index contributed by atoms with van der Waals surface area (Å²) < 4.78 is 14.6. The number of fused-ring (bicyclic) bond motifs is 1. The van der Waals surface area contributed by atoms with Crippen molar-refractivity contribution in [2.45, 2.75) is 38.9 Å². The first-order chi connectivity index (χ1) is 9.61. The SMILES string of the molecule is CC(OC(=O)OCCN)OC(=O)C1=CCCC2CCC12. The summed E-state index contributed by atoms with van der Waals surface area (Å²) in [6, 6.07) is 0. The highest BCUT2D eigenvalue weighted by Crippen LogP contribution is 2.45. The average Bonchev–Trinajstić information content (AvgIpc) is 2.37. The van der Waals surface area contributed by atoms with Crippen molar-refractivity contribution in [1.82, 2.24) is 0 Å². The Hall–Kier alpha value is -1.56. The fourth-order valence-corrected chi connectivity index (χ4v) is 2.72. The van der Waals surface area contributed by atoms with Crippen molar-refractivity contribution in [1.29, 1.82) is 0 Å². The third-order valence-corrected chi connectivity index (χ3v) is 3.83. The van der Waals surface area contributed by atoms with E-state index >= 15 is 0 Å². The molecule has 0 radical (unpaired) electrons. The van der Waals surface area contributed by atoms with Crippen LogP contribution in [0.2, 0.25) is 0 Å². The Morgan fingerprint density at radius 3 is 2.80 bits per heavy atom. The lowest BCUT2D eigenvalue weighted by molar-refractivity contribution is -0.164. The van der Waals surface area contributed by atoms with Gasteiger partial charge in [0.05, 0.1) is 0 Å². The molecule has 3 unspecified atom stereocenters. The molecule has 2 rings (SSSR count). The summed E-state index contributed by atoms with van der Waals surface area (Å²) >= 11 is 0. The van der Waals surface area contributed by atoms with Crippen LogP contribution in [0.4, 0.5) is 4.79 Å². The van der Waals surface area contributed by atoms with E-state index in [9.17, 15) is 9.59 Å². The molecule has 1 saturated carbocycles. The summed E-state index contributed by atoms with van der Waals surface area (Å²) in [6.45, 7) is 1.79. The largest absolute Gasteiger partial charge is 0.511 e. The molecule has 6 heteroatoms. The van der Waals surface area contributed by atoms with Crippen molar-refractivity contribution < 1.29 is 23.8 Å². The topological polar surface area (TPSA) is 87.8 Å². The molecule has 0 aliphatic heterocycles. The Morgan fingerprint density at radius 1 is 1.35 bits per heavy atom. The minimum absolute atomic E-state index is 0.0778. The van der Waals surface area contributed by atoms with Crippen molar-refractivity contribution in [2.75, 3.05) is 13.2 Å². The van der Waals surface area contributed by atoms with Gasteiger partial charge < -0.3 is 19.9 Å². The Morgan fingerprint density at radius 2 is 2.15 bits per heavy atom. The molecule has 0 bridgehead atoms. The van der Waals surface area contributed by atoms with Gasteiger partial charge >= 0.3 is 12.1 Å². The van der Waals surface area contributed by atoms with Gasteiger partial charge in [0.15, 0.2) is 0 Å². The smallest absolute Gasteiger partial charge is 0.433 e. The van der Waals surface area contributed by atoms with Crippen molar-refractivity contribution in [3.8, 4) is 0 Å². The van der Waals surface area contributed by atoms with Crippen LogP contribution >= 0.6 is 0 Å². The van der Waals surface area contributed by atoms with Crippen LogP contribution in [0, 0.1) is 11.8 Å². The van der Waals surface area contributed by atoms with E-state index in [4.69, 9.17) is 15.2 Å². The minimum Gasteiger partial charge on any atom is -0.433 e. The molecule has 0 spiro atoms. The van der Waals surface area contributed by atoms with Crippen LogP contribution in [0.15, 0.2) is 11.6 Å². The third-order valence-electron chi connectivity index (χ3n) is 3.83. The lowest BCUT2D eigenvalue weighted by Gasteiger charge is -2.40. The Balaban J connectivity index is 1.79. The molecule has 2 N–H and O–H groups in total. The molecule has 2 aliphatic rings. The molecule has 3 atom stereocenters. The molecule has 6 nitrogen and oxygen atoms in total. The molecule has 0 aromatic rings. The van der Waals surface area contributed by atoms with Crippen LogP contribution in [0.1, 0.15) is 32.6 Å². The number of carbonyl (C=O) groups is 2. The number of nitrogens with two attached hydrogens (primary N) is 1. The monoisotopic (exact) mass is 283 g/mol. The number of esters is 1. The number of hydrogen-bond donors (Lipinski definition) is 1. The normalized spacial score (nSPS) is 25.6. The fourth-order valence-electron chi connectivity index (χ4n) is 2.72. The van der Waals surface area contributed by atoms with E-state index in [1.165, 1.54) is 13.3 Å². The van der Waals surface area contributed by atoms with Gasteiger partial charge in [-0.2, -0.15) is 0 Å². The highest BCUT2D eigenvalue weighted by molar-refractivity contribution is 5.89. The quantitative estimate of drug-likeness (QED) is 0.610. The molecule has 0 heterocycles. The zero-order chi connectivity index (χ0) is 14.5. The van der Waals surface area contributed by atoms with Gasteiger partial charge in [-0.1, -0.05) is 6.08 Å². The first kappa shape index (κ1) is 14.8. The number of allylic oxidation sites excluding steroid dienone is 1. The molecule has 0 aromatic heterocycles. The van der Waals surface area contributed by atoms with Crippen LogP contribution in [-0.4, -0.2) is 31.6 Å². The van der Waals surface area contributed by atoms with Crippen LogP contribution in [0.3, 0.4) is 0 Å². The van der Waals surface area contributed by atoms with Gasteiger partial charge in [0.25, 0.3) is 0 Å². The molecule has 0 saturated heterocycles. The zero-order valence-corrected chi connectivity index (χ0v) is 11.7. The first-order valence-corrected chi connectivity index (χ1v) is 7.06. The Bertz CT molecular complexity index is 406. The number of carbonyl (C=O) groups excluding carboxylic acids is 2. The second-order valence-electron chi connectivity index (χ2n) is 5.16. The number of rotatable bonds is 5. The second-order valence-corrected chi connectivity index (χ2v) is 5.16. The molecule has 0 aromatic carbocycles. The van der Waals surface area contributed by atoms with Crippen molar-refractivity contribution >= 4 is 12.1 Å². The number of ether oxygens (including phenoxy) is 3. The maximum absolute atomic E-state index is 12.1. The van der Waals surface area contributed by atoms with Gasteiger partial charge in [-0.15, -0.1) is 0 Å². The molecule has 1 fully saturated rings. The summed E-state index contributed by atoms with van der Waals surface area (Å²) in [5.74, 6) is 0.555. The van der Waals surface area contributed by atoms with E-state index in [1.807, 2.05) is 6.08 Å². The summed E-state index contributed by atoms with van der Waals surface area (Å²) in [7, 11) is 0. The third kappa shape index (κ3) is 3.50. The van der Waals surface area contributed by atoms with Gasteiger partial charge in [0, 0.05) is 19.0 Å². The minimum atomic E-state index is -0.964. The standard InChI is InChI=1S/C14H21NO5/c1-9(20-14(17)18-8-7-15)19-13(16)12-4-2-3-10-5-6-11(10)12/h4,9-11H,2-3,5-8,15H2,1H3.